The van der Waals surface area contributed by atoms with Gasteiger partial charge in [-0.2, -0.15) is 0 Å². The van der Waals surface area contributed by atoms with E-state index in [9.17, 15) is 19.8 Å². The Morgan fingerprint density at radius 2 is 1.85 bits per heavy atom. The molecule has 3 N–H and O–H groups in total. The number of aliphatic hydroxyl groups is 2. The van der Waals surface area contributed by atoms with Crippen LogP contribution in [0.25, 0.3) is 0 Å². The summed E-state index contributed by atoms with van der Waals surface area (Å²) in [5.74, 6) is -0.171. The van der Waals surface area contributed by atoms with E-state index in [1.54, 1.807) is 38.8 Å². The summed E-state index contributed by atoms with van der Waals surface area (Å²) >= 11 is 0. The summed E-state index contributed by atoms with van der Waals surface area (Å²) in [4.78, 5) is 26.3. The zero-order chi connectivity index (χ0) is 19.2. The third-order valence-corrected chi connectivity index (χ3v) is 4.88. The Morgan fingerprint density at radius 1 is 1.23 bits per heavy atom. The number of hydrogen-bond donors (Lipinski definition) is 3. The van der Waals surface area contributed by atoms with Crippen LogP contribution >= 0.6 is 0 Å². The number of rotatable bonds is 2. The quantitative estimate of drug-likeness (QED) is 0.749. The lowest BCUT2D eigenvalue weighted by molar-refractivity contribution is 0.0438. The highest BCUT2D eigenvalue weighted by Crippen LogP contribution is 2.41. The molecule has 3 rings (SSSR count). The number of ether oxygens (including phenoxy) is 1. The number of fused-ring (bicyclic) bond motifs is 1. The van der Waals surface area contributed by atoms with Crippen molar-refractivity contribution >= 4 is 17.7 Å². The predicted octanol–water partition coefficient (Wildman–Crippen LogP) is 2.22. The highest BCUT2D eigenvalue weighted by Gasteiger charge is 2.37. The molecule has 2 amide bonds. The van der Waals surface area contributed by atoms with Gasteiger partial charge in [0.2, 0.25) is 0 Å². The molecule has 142 valence electrons. The normalized spacial score (nSPS) is 25.4. The standard InChI is InChI=1S/C19H26N2O5/c1-19(2,3)26-18(25)20-13-6-5-11(10-7-14(22)15(23)8-10)12-9-21(4)17(24)16(12)13/h5-6,10,14-15,22-23H,7-9H2,1-4H3,(H,20,25). The first kappa shape index (κ1) is 18.7. The highest BCUT2D eigenvalue weighted by atomic mass is 16.6. The molecule has 0 saturated heterocycles. The number of aliphatic hydroxyl groups excluding tert-OH is 2. The van der Waals surface area contributed by atoms with Crippen LogP contribution < -0.4 is 5.32 Å². The van der Waals surface area contributed by atoms with Gasteiger partial charge < -0.3 is 19.8 Å². The monoisotopic (exact) mass is 362 g/mol. The molecule has 7 nitrogen and oxygen atoms in total. The molecule has 1 aromatic carbocycles. The van der Waals surface area contributed by atoms with Crippen molar-refractivity contribution < 1.29 is 24.5 Å². The molecule has 1 fully saturated rings. The largest absolute Gasteiger partial charge is 0.444 e. The number of anilines is 1. The molecule has 0 aromatic heterocycles. The first-order valence-electron chi connectivity index (χ1n) is 8.84. The summed E-state index contributed by atoms with van der Waals surface area (Å²) < 4.78 is 5.28. The molecular formula is C19H26N2O5. The van der Waals surface area contributed by atoms with Gasteiger partial charge in [-0.1, -0.05) is 6.07 Å². The summed E-state index contributed by atoms with van der Waals surface area (Å²) in [7, 11) is 1.71. The second-order valence-corrected chi connectivity index (χ2v) is 8.15. The van der Waals surface area contributed by atoms with E-state index in [1.165, 1.54) is 0 Å². The SMILES string of the molecule is CN1Cc2c(C3CC(O)C(O)C3)ccc(NC(=O)OC(C)(C)C)c2C1=O. The fraction of sp³-hybridized carbons (Fsp3) is 0.579. The Bertz CT molecular complexity index is 730. The first-order chi connectivity index (χ1) is 12.1. The average Bonchev–Trinajstić information content (AvgIpc) is 2.98. The molecule has 0 spiro atoms. The Morgan fingerprint density at radius 3 is 2.42 bits per heavy atom. The summed E-state index contributed by atoms with van der Waals surface area (Å²) in [5.41, 5.74) is 2.04. The summed E-state index contributed by atoms with van der Waals surface area (Å²) in [5, 5.41) is 22.4. The van der Waals surface area contributed by atoms with Crippen LogP contribution in [0.4, 0.5) is 10.5 Å². The van der Waals surface area contributed by atoms with E-state index in [0.29, 0.717) is 30.6 Å². The molecule has 0 radical (unpaired) electrons. The lowest BCUT2D eigenvalue weighted by Gasteiger charge is -2.21. The summed E-state index contributed by atoms with van der Waals surface area (Å²) in [6.45, 7) is 5.76. The van der Waals surface area contributed by atoms with E-state index in [-0.39, 0.29) is 11.8 Å². The van der Waals surface area contributed by atoms with Crippen LogP contribution in [0.3, 0.4) is 0 Å². The lowest BCUT2D eigenvalue weighted by Crippen LogP contribution is -2.28. The second kappa shape index (κ2) is 6.55. The van der Waals surface area contributed by atoms with E-state index in [0.717, 1.165) is 11.1 Å². The molecule has 1 aliphatic carbocycles. The van der Waals surface area contributed by atoms with Crippen molar-refractivity contribution in [1.29, 1.82) is 0 Å². The van der Waals surface area contributed by atoms with Gasteiger partial charge in [0, 0.05) is 13.6 Å². The number of carbonyl (C=O) groups is 2. The summed E-state index contributed by atoms with van der Waals surface area (Å²) in [6, 6.07) is 3.57. The smallest absolute Gasteiger partial charge is 0.412 e. The highest BCUT2D eigenvalue weighted by molar-refractivity contribution is 6.06. The van der Waals surface area contributed by atoms with Crippen LogP contribution in [-0.2, 0) is 11.3 Å². The fourth-order valence-corrected chi connectivity index (χ4v) is 3.73. The van der Waals surface area contributed by atoms with Gasteiger partial charge in [-0.05, 0) is 56.7 Å². The van der Waals surface area contributed by atoms with Crippen molar-refractivity contribution in [3.63, 3.8) is 0 Å². The number of carbonyl (C=O) groups excluding carboxylic acids is 2. The number of hydrogen-bond acceptors (Lipinski definition) is 5. The van der Waals surface area contributed by atoms with Gasteiger partial charge in [0.05, 0.1) is 23.5 Å². The van der Waals surface area contributed by atoms with E-state index in [2.05, 4.69) is 5.32 Å². The predicted molar refractivity (Wildman–Crippen MR) is 96.1 cm³/mol. The van der Waals surface area contributed by atoms with Crippen LogP contribution in [-0.4, -0.2) is 52.0 Å². The van der Waals surface area contributed by atoms with Gasteiger partial charge in [0.25, 0.3) is 5.91 Å². The second-order valence-electron chi connectivity index (χ2n) is 8.15. The van der Waals surface area contributed by atoms with E-state index in [1.807, 2.05) is 6.07 Å². The molecule has 2 aliphatic rings. The Kier molecular flexibility index (Phi) is 4.71. The van der Waals surface area contributed by atoms with Crippen molar-refractivity contribution in [1.82, 2.24) is 4.90 Å². The molecule has 1 saturated carbocycles. The van der Waals surface area contributed by atoms with Crippen molar-refractivity contribution in [3.8, 4) is 0 Å². The number of nitrogens with zero attached hydrogens (tertiary/aromatic N) is 1. The van der Waals surface area contributed by atoms with E-state index >= 15 is 0 Å². The minimum absolute atomic E-state index is 0.0105. The average molecular weight is 362 g/mol. The molecule has 2 unspecified atom stereocenters. The van der Waals surface area contributed by atoms with Gasteiger partial charge in [0.15, 0.2) is 0 Å². The summed E-state index contributed by atoms with van der Waals surface area (Å²) in [6.07, 6.45) is -1.18. The molecule has 0 bridgehead atoms. The third-order valence-electron chi connectivity index (χ3n) is 4.88. The van der Waals surface area contributed by atoms with Crippen molar-refractivity contribution in [2.45, 2.75) is 63.9 Å². The van der Waals surface area contributed by atoms with Gasteiger partial charge >= 0.3 is 6.09 Å². The van der Waals surface area contributed by atoms with Crippen LogP contribution in [0.5, 0.6) is 0 Å². The molecule has 26 heavy (non-hydrogen) atoms. The van der Waals surface area contributed by atoms with Gasteiger partial charge in [-0.25, -0.2) is 4.79 Å². The Labute approximate surface area is 152 Å². The first-order valence-corrected chi connectivity index (χ1v) is 8.84. The minimum atomic E-state index is -0.745. The van der Waals surface area contributed by atoms with Crippen molar-refractivity contribution in [2.75, 3.05) is 12.4 Å². The van der Waals surface area contributed by atoms with Gasteiger partial charge in [-0.15, -0.1) is 0 Å². The number of benzene rings is 1. The fourth-order valence-electron chi connectivity index (χ4n) is 3.73. The molecular weight excluding hydrogens is 336 g/mol. The van der Waals surface area contributed by atoms with Gasteiger partial charge in [-0.3, -0.25) is 10.1 Å². The lowest BCUT2D eigenvalue weighted by atomic mass is 9.90. The molecule has 7 heteroatoms. The Balaban J connectivity index is 1.93. The van der Waals surface area contributed by atoms with Crippen molar-refractivity contribution in [3.05, 3.63) is 28.8 Å². The molecule has 1 aliphatic heterocycles. The van der Waals surface area contributed by atoms with Gasteiger partial charge in [0.1, 0.15) is 5.60 Å². The molecule has 1 heterocycles. The topological polar surface area (TPSA) is 99.1 Å². The zero-order valence-electron chi connectivity index (χ0n) is 15.6. The van der Waals surface area contributed by atoms with Crippen LogP contribution in [0.2, 0.25) is 0 Å². The minimum Gasteiger partial charge on any atom is -0.444 e. The maximum Gasteiger partial charge on any atom is 0.412 e. The van der Waals surface area contributed by atoms with E-state index in [4.69, 9.17) is 4.74 Å². The van der Waals surface area contributed by atoms with Crippen molar-refractivity contribution in [2.24, 2.45) is 0 Å². The van der Waals surface area contributed by atoms with E-state index < -0.39 is 23.9 Å². The van der Waals surface area contributed by atoms with Crippen LogP contribution in [0.15, 0.2) is 12.1 Å². The maximum absolute atomic E-state index is 12.6. The Hall–Kier alpha value is -2.12. The third kappa shape index (κ3) is 3.54. The zero-order valence-corrected chi connectivity index (χ0v) is 15.6. The molecule has 1 aromatic rings. The molecule has 2 atom stereocenters. The number of nitrogens with one attached hydrogen (secondary N) is 1. The van der Waals surface area contributed by atoms with Crippen LogP contribution in [0, 0.1) is 0 Å². The number of amides is 2. The maximum atomic E-state index is 12.6. The van der Waals surface area contributed by atoms with Crippen LogP contribution in [0.1, 0.15) is 61.0 Å².